The van der Waals surface area contributed by atoms with E-state index in [1.165, 1.54) is 16.7 Å². The molecule has 0 aliphatic carbocycles. The van der Waals surface area contributed by atoms with E-state index in [0.717, 1.165) is 39.1 Å². The first kappa shape index (κ1) is 17.8. The molecule has 0 aromatic heterocycles. The van der Waals surface area contributed by atoms with E-state index >= 15 is 0 Å². The molecule has 130 valence electrons. The van der Waals surface area contributed by atoms with E-state index in [4.69, 9.17) is 5.73 Å². The second-order valence-corrected chi connectivity index (χ2v) is 6.73. The SMILES string of the molecule is C=C(c1ccccc1)c1c(C)c(C)c(C)c(C(=C)c2ccccc2)c1N. The first-order valence-corrected chi connectivity index (χ1v) is 8.82. The Kier molecular flexibility index (Phi) is 4.81. The predicted molar refractivity (Wildman–Crippen MR) is 114 cm³/mol. The zero-order valence-electron chi connectivity index (χ0n) is 15.8. The minimum Gasteiger partial charge on any atom is -0.398 e. The average Bonchev–Trinajstić information content (AvgIpc) is 2.67. The summed E-state index contributed by atoms with van der Waals surface area (Å²) in [6.45, 7) is 15.1. The first-order chi connectivity index (χ1) is 12.4. The molecule has 0 fully saturated rings. The van der Waals surface area contributed by atoms with E-state index in [-0.39, 0.29) is 0 Å². The van der Waals surface area contributed by atoms with E-state index in [2.05, 4.69) is 58.2 Å². The highest BCUT2D eigenvalue weighted by atomic mass is 14.6. The van der Waals surface area contributed by atoms with Crippen molar-refractivity contribution in [3.63, 3.8) is 0 Å². The third kappa shape index (κ3) is 2.97. The van der Waals surface area contributed by atoms with Crippen molar-refractivity contribution in [2.45, 2.75) is 20.8 Å². The van der Waals surface area contributed by atoms with Crippen LogP contribution in [0.3, 0.4) is 0 Å². The summed E-state index contributed by atoms with van der Waals surface area (Å²) in [5.41, 5.74) is 17.2. The Morgan fingerprint density at radius 3 is 1.31 bits per heavy atom. The molecular weight excluding hydrogens is 314 g/mol. The van der Waals surface area contributed by atoms with Crippen molar-refractivity contribution in [2.75, 3.05) is 5.73 Å². The number of hydrogen-bond acceptors (Lipinski definition) is 1. The van der Waals surface area contributed by atoms with Gasteiger partial charge in [-0.15, -0.1) is 0 Å². The highest BCUT2D eigenvalue weighted by Crippen LogP contribution is 2.40. The molecule has 0 spiro atoms. The molecule has 1 nitrogen and oxygen atoms in total. The Morgan fingerprint density at radius 1 is 0.615 bits per heavy atom. The third-order valence-corrected chi connectivity index (χ3v) is 5.26. The van der Waals surface area contributed by atoms with Gasteiger partial charge in [0.25, 0.3) is 0 Å². The average molecular weight is 339 g/mol. The van der Waals surface area contributed by atoms with Gasteiger partial charge in [-0.2, -0.15) is 0 Å². The van der Waals surface area contributed by atoms with Crippen molar-refractivity contribution < 1.29 is 0 Å². The fourth-order valence-corrected chi connectivity index (χ4v) is 3.53. The Bertz CT molecular complexity index is 901. The lowest BCUT2D eigenvalue weighted by atomic mass is 9.83. The number of benzene rings is 3. The van der Waals surface area contributed by atoms with E-state index in [0.29, 0.717) is 0 Å². The predicted octanol–water partition coefficient (Wildman–Crippen LogP) is 6.32. The number of hydrogen-bond donors (Lipinski definition) is 1. The molecule has 0 saturated heterocycles. The summed E-state index contributed by atoms with van der Waals surface area (Å²) in [5, 5.41) is 0. The van der Waals surface area contributed by atoms with Crippen molar-refractivity contribution in [1.29, 1.82) is 0 Å². The van der Waals surface area contributed by atoms with Crippen molar-refractivity contribution >= 4 is 16.8 Å². The zero-order valence-corrected chi connectivity index (χ0v) is 15.8. The van der Waals surface area contributed by atoms with E-state index in [9.17, 15) is 0 Å². The quantitative estimate of drug-likeness (QED) is 0.553. The van der Waals surface area contributed by atoms with Crippen LogP contribution in [0.25, 0.3) is 11.1 Å². The second-order valence-electron chi connectivity index (χ2n) is 6.73. The van der Waals surface area contributed by atoms with Crippen LogP contribution in [0.15, 0.2) is 73.8 Å². The molecule has 0 aliphatic heterocycles. The van der Waals surface area contributed by atoms with Crippen LogP contribution < -0.4 is 5.73 Å². The highest BCUT2D eigenvalue weighted by molar-refractivity contribution is 5.95. The summed E-state index contributed by atoms with van der Waals surface area (Å²) in [6.07, 6.45) is 0. The van der Waals surface area contributed by atoms with Crippen LogP contribution in [-0.2, 0) is 0 Å². The number of rotatable bonds is 4. The van der Waals surface area contributed by atoms with Gasteiger partial charge in [0.05, 0.1) is 0 Å². The van der Waals surface area contributed by atoms with Gasteiger partial charge in [0.2, 0.25) is 0 Å². The standard InChI is InChI=1S/C25H25N/c1-16-17(2)23(19(4)21-12-8-6-9-13-21)25(26)24(18(16)3)20(5)22-14-10-7-11-15-22/h6-15H,4-5,26H2,1-3H3. The molecule has 0 saturated carbocycles. The summed E-state index contributed by atoms with van der Waals surface area (Å²) in [7, 11) is 0. The molecule has 0 bridgehead atoms. The molecule has 0 amide bonds. The van der Waals surface area contributed by atoms with E-state index < -0.39 is 0 Å². The minimum atomic E-state index is 0.758. The maximum absolute atomic E-state index is 6.71. The molecule has 26 heavy (non-hydrogen) atoms. The van der Waals surface area contributed by atoms with Crippen molar-refractivity contribution in [3.8, 4) is 0 Å². The number of anilines is 1. The number of nitrogens with two attached hydrogens (primary N) is 1. The largest absolute Gasteiger partial charge is 0.398 e. The molecule has 0 atom stereocenters. The topological polar surface area (TPSA) is 26.0 Å². The van der Waals surface area contributed by atoms with Crippen LogP contribution in [-0.4, -0.2) is 0 Å². The summed E-state index contributed by atoms with van der Waals surface area (Å²) in [6, 6.07) is 20.4. The lowest BCUT2D eigenvalue weighted by Gasteiger charge is -2.23. The van der Waals surface area contributed by atoms with Gasteiger partial charge in [-0.05, 0) is 59.7 Å². The molecule has 1 heteroatoms. The summed E-state index contributed by atoms with van der Waals surface area (Å²) in [5.74, 6) is 0. The summed E-state index contributed by atoms with van der Waals surface area (Å²) in [4.78, 5) is 0. The van der Waals surface area contributed by atoms with Gasteiger partial charge in [0.1, 0.15) is 0 Å². The lowest BCUT2D eigenvalue weighted by Crippen LogP contribution is -2.07. The van der Waals surface area contributed by atoms with Crippen molar-refractivity contribution in [2.24, 2.45) is 0 Å². The van der Waals surface area contributed by atoms with Crippen LogP contribution in [0.2, 0.25) is 0 Å². The van der Waals surface area contributed by atoms with Gasteiger partial charge in [-0.25, -0.2) is 0 Å². The second kappa shape index (κ2) is 7.05. The van der Waals surface area contributed by atoms with Gasteiger partial charge in [0, 0.05) is 16.8 Å². The molecule has 3 aromatic carbocycles. The fraction of sp³-hybridized carbons (Fsp3) is 0.120. The molecule has 3 aromatic rings. The Hall–Kier alpha value is -3.06. The van der Waals surface area contributed by atoms with Crippen LogP contribution in [0, 0.1) is 20.8 Å². The Balaban J connectivity index is 2.23. The fourth-order valence-electron chi connectivity index (χ4n) is 3.53. The summed E-state index contributed by atoms with van der Waals surface area (Å²) >= 11 is 0. The van der Waals surface area contributed by atoms with Crippen molar-refractivity contribution in [1.82, 2.24) is 0 Å². The Labute approximate surface area is 156 Å². The smallest absolute Gasteiger partial charge is 0.0479 e. The molecule has 2 N–H and O–H groups in total. The van der Waals surface area contributed by atoms with Crippen LogP contribution >= 0.6 is 0 Å². The normalized spacial score (nSPS) is 10.6. The summed E-state index contributed by atoms with van der Waals surface area (Å²) < 4.78 is 0. The molecule has 0 radical (unpaired) electrons. The zero-order chi connectivity index (χ0) is 18.8. The third-order valence-electron chi connectivity index (χ3n) is 5.26. The van der Waals surface area contributed by atoms with E-state index in [1.54, 1.807) is 0 Å². The first-order valence-electron chi connectivity index (χ1n) is 8.82. The van der Waals surface area contributed by atoms with Crippen LogP contribution in [0.4, 0.5) is 5.69 Å². The lowest BCUT2D eigenvalue weighted by molar-refractivity contribution is 1.24. The highest BCUT2D eigenvalue weighted by Gasteiger charge is 2.20. The molecule has 0 aliphatic rings. The van der Waals surface area contributed by atoms with Crippen LogP contribution in [0.1, 0.15) is 38.9 Å². The van der Waals surface area contributed by atoms with Gasteiger partial charge in [-0.1, -0.05) is 73.8 Å². The number of nitrogen functional groups attached to an aromatic ring is 1. The van der Waals surface area contributed by atoms with Crippen molar-refractivity contribution in [3.05, 3.63) is 113 Å². The molecule has 0 unspecified atom stereocenters. The maximum atomic E-state index is 6.71. The minimum absolute atomic E-state index is 0.758. The van der Waals surface area contributed by atoms with Gasteiger partial charge >= 0.3 is 0 Å². The van der Waals surface area contributed by atoms with Crippen LogP contribution in [0.5, 0.6) is 0 Å². The molecule has 3 rings (SSSR count). The van der Waals surface area contributed by atoms with Gasteiger partial charge < -0.3 is 5.73 Å². The van der Waals surface area contributed by atoms with Gasteiger partial charge in [-0.3, -0.25) is 0 Å². The monoisotopic (exact) mass is 339 g/mol. The molecule has 0 heterocycles. The maximum Gasteiger partial charge on any atom is 0.0479 e. The molecular formula is C25H25N. The van der Waals surface area contributed by atoms with E-state index in [1.807, 2.05) is 36.4 Å². The van der Waals surface area contributed by atoms with Gasteiger partial charge in [0.15, 0.2) is 0 Å². The Morgan fingerprint density at radius 2 is 0.962 bits per heavy atom.